The van der Waals surface area contributed by atoms with Gasteiger partial charge in [0, 0.05) is 37.3 Å². The molecule has 2 aliphatic rings. The monoisotopic (exact) mass is 492 g/mol. The van der Waals surface area contributed by atoms with E-state index in [-0.39, 0.29) is 5.75 Å². The lowest BCUT2D eigenvalue weighted by Gasteiger charge is -2.35. The number of aromatic hydroxyl groups is 1. The molecule has 0 radical (unpaired) electrons. The van der Waals surface area contributed by atoms with E-state index in [2.05, 4.69) is 22.9 Å². The summed E-state index contributed by atoms with van der Waals surface area (Å²) in [6.07, 6.45) is 0.770. The van der Waals surface area contributed by atoms with Crippen molar-refractivity contribution in [3.05, 3.63) is 72.3 Å². The number of rotatable bonds is 3. The fourth-order valence-electron chi connectivity index (χ4n) is 3.83. The minimum absolute atomic E-state index is 0.187. The summed E-state index contributed by atoms with van der Waals surface area (Å²) in [5.74, 6) is 1.99. The zero-order valence-electron chi connectivity index (χ0n) is 22.2. The lowest BCUT2D eigenvalue weighted by molar-refractivity contribution is 0.112. The number of hydrogen-bond acceptors (Lipinski definition) is 6. The minimum Gasteiger partial charge on any atom is -0.507 e. The second-order valence-corrected chi connectivity index (χ2v) is 7.85. The van der Waals surface area contributed by atoms with Crippen molar-refractivity contribution < 1.29 is 19.4 Å². The van der Waals surface area contributed by atoms with Crippen LogP contribution in [0.2, 0.25) is 0 Å². The van der Waals surface area contributed by atoms with Gasteiger partial charge in [-0.25, -0.2) is 0 Å². The highest BCUT2D eigenvalue weighted by Gasteiger charge is 2.22. The number of ether oxygens (including phenoxy) is 2. The second-order valence-electron chi connectivity index (χ2n) is 7.85. The summed E-state index contributed by atoms with van der Waals surface area (Å²) in [5, 5.41) is 9.67. The Morgan fingerprint density at radius 2 is 1.47 bits per heavy atom. The first kappa shape index (κ1) is 28.7. The highest BCUT2D eigenvalue weighted by atomic mass is 16.6. The molecule has 194 valence electrons. The topological polar surface area (TPSA) is 62.2 Å². The largest absolute Gasteiger partial charge is 0.507 e. The van der Waals surface area contributed by atoms with Gasteiger partial charge in [-0.2, -0.15) is 0 Å². The van der Waals surface area contributed by atoms with E-state index >= 15 is 0 Å². The lowest BCUT2D eigenvalue weighted by atomic mass is 10.0. The van der Waals surface area contributed by atoms with Gasteiger partial charge < -0.3 is 24.4 Å². The van der Waals surface area contributed by atoms with Crippen molar-refractivity contribution >= 4 is 12.0 Å². The molecule has 0 unspecified atom stereocenters. The molecule has 6 heteroatoms. The number of phenols is 1. The number of piperazine rings is 1. The molecule has 0 bridgehead atoms. The molecule has 1 fully saturated rings. The molecule has 2 heterocycles. The van der Waals surface area contributed by atoms with E-state index < -0.39 is 0 Å². The van der Waals surface area contributed by atoms with Gasteiger partial charge in [-0.05, 0) is 42.9 Å². The summed E-state index contributed by atoms with van der Waals surface area (Å²) in [6, 6.07) is 20.4. The molecule has 3 aromatic carbocycles. The summed E-state index contributed by atoms with van der Waals surface area (Å²) in [5.41, 5.74) is 3.32. The zero-order chi connectivity index (χ0) is 26.3. The predicted molar refractivity (Wildman–Crippen MR) is 149 cm³/mol. The van der Waals surface area contributed by atoms with Gasteiger partial charge in [0.2, 0.25) is 0 Å². The van der Waals surface area contributed by atoms with Crippen LogP contribution in [0.5, 0.6) is 17.2 Å². The standard InChI is InChI=1S/C13H18N2O2.C13H10O2.2C2H6/c1-14-5-7-15(8-6-14)11-3-2-4-12-13(11)17-10-9-16-12;14-9-10-6-7-13(15)12(8-10)11-4-2-1-3-5-11;2*1-2/h2-4H,5-10H2,1H3;1-9,15H;2*1-2H3. The van der Waals surface area contributed by atoms with Crippen LogP contribution in [0.25, 0.3) is 11.1 Å². The molecule has 6 nitrogen and oxygen atoms in total. The van der Waals surface area contributed by atoms with Gasteiger partial charge in [-0.1, -0.05) is 64.1 Å². The van der Waals surface area contributed by atoms with E-state index in [0.717, 1.165) is 49.5 Å². The number of carbonyl (C=O) groups is 1. The van der Waals surface area contributed by atoms with E-state index in [1.54, 1.807) is 12.1 Å². The molecular formula is C30H40N2O4. The quantitative estimate of drug-likeness (QED) is 0.444. The molecule has 5 rings (SSSR count). The van der Waals surface area contributed by atoms with Crippen LogP contribution in [0.3, 0.4) is 0 Å². The van der Waals surface area contributed by atoms with Gasteiger partial charge in [-0.15, -0.1) is 0 Å². The van der Waals surface area contributed by atoms with Crippen LogP contribution in [0.15, 0.2) is 66.7 Å². The molecule has 0 aliphatic carbocycles. The summed E-state index contributed by atoms with van der Waals surface area (Å²) >= 11 is 0. The van der Waals surface area contributed by atoms with Gasteiger partial charge in [-0.3, -0.25) is 4.79 Å². The molecular weight excluding hydrogens is 452 g/mol. The number of carbonyl (C=O) groups excluding carboxylic acids is 1. The van der Waals surface area contributed by atoms with Gasteiger partial charge in [0.1, 0.15) is 25.2 Å². The molecule has 0 amide bonds. The Morgan fingerprint density at radius 3 is 2.14 bits per heavy atom. The van der Waals surface area contributed by atoms with Crippen LogP contribution < -0.4 is 14.4 Å². The number of fused-ring (bicyclic) bond motifs is 1. The summed E-state index contributed by atoms with van der Waals surface area (Å²) in [4.78, 5) is 15.4. The normalized spacial score (nSPS) is 14.1. The average molecular weight is 493 g/mol. The van der Waals surface area contributed by atoms with Crippen LogP contribution in [0, 0.1) is 0 Å². The Labute approximate surface area is 216 Å². The van der Waals surface area contributed by atoms with Gasteiger partial charge in [0.15, 0.2) is 11.5 Å². The zero-order valence-corrected chi connectivity index (χ0v) is 22.2. The highest BCUT2D eigenvalue weighted by Crippen LogP contribution is 2.39. The van der Waals surface area contributed by atoms with Gasteiger partial charge in [0.05, 0.1) is 5.69 Å². The number of likely N-dealkylation sites (N-methyl/N-ethyl adjacent to an activating group) is 1. The van der Waals surface area contributed by atoms with Crippen LogP contribution in [0.1, 0.15) is 38.1 Å². The van der Waals surface area contributed by atoms with Crippen molar-refractivity contribution in [2.24, 2.45) is 0 Å². The van der Waals surface area contributed by atoms with E-state index in [1.807, 2.05) is 70.2 Å². The Hall–Kier alpha value is -3.51. The van der Waals surface area contributed by atoms with Crippen LogP contribution in [-0.4, -0.2) is 62.7 Å². The molecule has 36 heavy (non-hydrogen) atoms. The average Bonchev–Trinajstić information content (AvgIpc) is 2.96. The molecule has 3 aromatic rings. The Bertz CT molecular complexity index is 1050. The Kier molecular flexibility index (Phi) is 12.4. The molecule has 1 saturated heterocycles. The lowest BCUT2D eigenvalue weighted by Crippen LogP contribution is -2.44. The first-order valence-corrected chi connectivity index (χ1v) is 12.8. The van der Waals surface area contributed by atoms with Crippen molar-refractivity contribution in [3.8, 4) is 28.4 Å². The van der Waals surface area contributed by atoms with Crippen LogP contribution >= 0.6 is 0 Å². The maximum absolute atomic E-state index is 10.6. The highest BCUT2D eigenvalue weighted by molar-refractivity contribution is 5.81. The first-order valence-electron chi connectivity index (χ1n) is 12.8. The number of para-hydroxylation sites is 1. The van der Waals surface area contributed by atoms with Crippen molar-refractivity contribution in [3.63, 3.8) is 0 Å². The number of aldehydes is 1. The number of phenolic OH excluding ortho intramolecular Hbond substituents is 1. The van der Waals surface area contributed by atoms with E-state index in [4.69, 9.17) is 9.47 Å². The van der Waals surface area contributed by atoms with Crippen molar-refractivity contribution in [1.82, 2.24) is 4.90 Å². The molecule has 0 atom stereocenters. The van der Waals surface area contributed by atoms with E-state index in [1.165, 1.54) is 11.8 Å². The van der Waals surface area contributed by atoms with Crippen LogP contribution in [-0.2, 0) is 0 Å². The van der Waals surface area contributed by atoms with Crippen molar-refractivity contribution in [1.29, 1.82) is 0 Å². The van der Waals surface area contributed by atoms with Gasteiger partial charge in [0.25, 0.3) is 0 Å². The summed E-state index contributed by atoms with van der Waals surface area (Å²) in [6.45, 7) is 13.6. The number of benzene rings is 3. The molecule has 2 aliphatic heterocycles. The summed E-state index contributed by atoms with van der Waals surface area (Å²) < 4.78 is 11.4. The minimum atomic E-state index is 0.187. The maximum Gasteiger partial charge on any atom is 0.184 e. The second kappa shape index (κ2) is 15.5. The Balaban J connectivity index is 0.000000225. The fourth-order valence-corrected chi connectivity index (χ4v) is 3.83. The first-order chi connectivity index (χ1) is 17.7. The van der Waals surface area contributed by atoms with E-state index in [9.17, 15) is 9.90 Å². The number of hydrogen-bond donors (Lipinski definition) is 1. The molecule has 0 aromatic heterocycles. The molecule has 0 spiro atoms. The van der Waals surface area contributed by atoms with Crippen molar-refractivity contribution in [2.45, 2.75) is 27.7 Å². The fraction of sp³-hybridized carbons (Fsp3) is 0.367. The third-order valence-corrected chi connectivity index (χ3v) is 5.63. The SMILES string of the molecule is CC.CC.CN1CCN(c2cccc3c2OCCO3)CC1.O=Cc1ccc(O)c(-c2ccccc2)c1. The predicted octanol–water partition coefficient (Wildman–Crippen LogP) is 6.13. The van der Waals surface area contributed by atoms with Crippen molar-refractivity contribution in [2.75, 3.05) is 51.3 Å². The van der Waals surface area contributed by atoms with Crippen LogP contribution in [0.4, 0.5) is 5.69 Å². The van der Waals surface area contributed by atoms with Gasteiger partial charge >= 0.3 is 0 Å². The third-order valence-electron chi connectivity index (χ3n) is 5.63. The molecule has 1 N–H and O–H groups in total. The van der Waals surface area contributed by atoms with E-state index in [0.29, 0.717) is 24.3 Å². The summed E-state index contributed by atoms with van der Waals surface area (Å²) in [7, 11) is 2.16. The Morgan fingerprint density at radius 1 is 0.806 bits per heavy atom. The smallest absolute Gasteiger partial charge is 0.184 e. The number of nitrogens with zero attached hydrogens (tertiary/aromatic N) is 2. The third kappa shape index (κ3) is 7.75. The molecule has 0 saturated carbocycles. The number of anilines is 1. The maximum atomic E-state index is 10.6.